The van der Waals surface area contributed by atoms with Crippen molar-refractivity contribution in [3.63, 3.8) is 0 Å². The summed E-state index contributed by atoms with van der Waals surface area (Å²) in [5.74, 6) is 0. The third-order valence-electron chi connectivity index (χ3n) is 4.85. The molecule has 0 amide bonds. The Bertz CT molecular complexity index is 1100. The molecule has 0 spiro atoms. The van der Waals surface area contributed by atoms with Crippen molar-refractivity contribution in [2.24, 2.45) is 0 Å². The van der Waals surface area contributed by atoms with Gasteiger partial charge in [0, 0.05) is 16.5 Å². The van der Waals surface area contributed by atoms with Gasteiger partial charge in [0.05, 0.1) is 29.8 Å². The van der Waals surface area contributed by atoms with Gasteiger partial charge in [0.2, 0.25) is 0 Å². The molecule has 1 aliphatic heterocycles. The molecule has 2 nitrogen and oxygen atoms in total. The summed E-state index contributed by atoms with van der Waals surface area (Å²) >= 11 is 0. The maximum atomic E-state index is 5.85. The molecular formula is C21H17NO. The van der Waals surface area contributed by atoms with Gasteiger partial charge in [0.15, 0.2) is 0 Å². The summed E-state index contributed by atoms with van der Waals surface area (Å²) in [4.78, 5) is 0. The molecule has 0 aliphatic carbocycles. The number of nitrogens with zero attached hydrogens (tertiary/aromatic N) is 1. The zero-order valence-corrected chi connectivity index (χ0v) is 13.0. The van der Waals surface area contributed by atoms with Crippen molar-refractivity contribution < 1.29 is 4.74 Å². The monoisotopic (exact) mass is 299 g/mol. The van der Waals surface area contributed by atoms with Crippen LogP contribution >= 0.6 is 0 Å². The lowest BCUT2D eigenvalue weighted by Crippen LogP contribution is -2.02. The lowest BCUT2D eigenvalue weighted by molar-refractivity contribution is 0.149. The second kappa shape index (κ2) is 4.71. The van der Waals surface area contributed by atoms with Gasteiger partial charge in [0.25, 0.3) is 0 Å². The van der Waals surface area contributed by atoms with Crippen LogP contribution in [0.5, 0.6) is 0 Å². The molecule has 0 atom stereocenters. The maximum absolute atomic E-state index is 5.85. The SMILES string of the molecule is C/C1=C/COCc2cc3ccccc3n3c2c1c1ccccc13. The van der Waals surface area contributed by atoms with Gasteiger partial charge in [-0.25, -0.2) is 0 Å². The average Bonchev–Trinajstić information content (AvgIpc) is 2.92. The third-order valence-corrected chi connectivity index (χ3v) is 4.85. The highest BCUT2D eigenvalue weighted by atomic mass is 16.5. The number of ether oxygens (including phenoxy) is 1. The van der Waals surface area contributed by atoms with Crippen LogP contribution < -0.4 is 0 Å². The van der Waals surface area contributed by atoms with Crippen molar-refractivity contribution in [2.45, 2.75) is 13.5 Å². The van der Waals surface area contributed by atoms with Crippen LogP contribution in [0.2, 0.25) is 0 Å². The van der Waals surface area contributed by atoms with Crippen LogP contribution in [0, 0.1) is 0 Å². The van der Waals surface area contributed by atoms with E-state index in [1.807, 2.05) is 0 Å². The summed E-state index contributed by atoms with van der Waals surface area (Å²) in [6.45, 7) is 3.51. The zero-order chi connectivity index (χ0) is 15.4. The molecule has 2 aromatic heterocycles. The summed E-state index contributed by atoms with van der Waals surface area (Å²) in [6.07, 6.45) is 2.19. The standard InChI is InChI=1S/C21H17NO/c1-14-10-11-23-13-16-12-15-6-2-4-8-18(15)22-19-9-5-3-7-17(19)20(14)21(16)22/h2-10,12H,11,13H2,1H3/b14-10-. The molecule has 1 aliphatic rings. The Balaban J connectivity index is 2.15. The second-order valence-electron chi connectivity index (χ2n) is 6.21. The topological polar surface area (TPSA) is 13.6 Å². The minimum Gasteiger partial charge on any atom is -0.373 e. The molecule has 5 rings (SSSR count). The van der Waals surface area contributed by atoms with E-state index in [1.165, 1.54) is 44.0 Å². The first kappa shape index (κ1) is 12.9. The van der Waals surface area contributed by atoms with Gasteiger partial charge in [-0.3, -0.25) is 0 Å². The van der Waals surface area contributed by atoms with Crippen LogP contribution in [-0.4, -0.2) is 11.0 Å². The third kappa shape index (κ3) is 1.73. The van der Waals surface area contributed by atoms with Gasteiger partial charge in [0.1, 0.15) is 0 Å². The van der Waals surface area contributed by atoms with Crippen LogP contribution in [-0.2, 0) is 11.3 Å². The Kier molecular flexibility index (Phi) is 2.64. The van der Waals surface area contributed by atoms with Crippen molar-refractivity contribution in [1.82, 2.24) is 4.40 Å². The molecule has 0 bridgehead atoms. The van der Waals surface area contributed by atoms with E-state index < -0.39 is 0 Å². The van der Waals surface area contributed by atoms with Crippen molar-refractivity contribution in [3.8, 4) is 0 Å². The highest BCUT2D eigenvalue weighted by Gasteiger charge is 2.19. The highest BCUT2D eigenvalue weighted by molar-refractivity contribution is 6.06. The number of hydrogen-bond donors (Lipinski definition) is 0. The van der Waals surface area contributed by atoms with Crippen molar-refractivity contribution in [1.29, 1.82) is 0 Å². The quantitative estimate of drug-likeness (QED) is 0.436. The highest BCUT2D eigenvalue weighted by Crippen LogP contribution is 2.37. The molecule has 0 radical (unpaired) electrons. The largest absolute Gasteiger partial charge is 0.373 e. The number of hydrogen-bond acceptors (Lipinski definition) is 1. The maximum Gasteiger partial charge on any atom is 0.0742 e. The molecule has 0 fully saturated rings. The van der Waals surface area contributed by atoms with E-state index in [0.717, 1.165) is 0 Å². The number of fused-ring (bicyclic) bond motifs is 5. The fraction of sp³-hybridized carbons (Fsp3) is 0.143. The zero-order valence-electron chi connectivity index (χ0n) is 13.0. The molecule has 112 valence electrons. The van der Waals surface area contributed by atoms with E-state index in [0.29, 0.717) is 13.2 Å². The molecule has 23 heavy (non-hydrogen) atoms. The van der Waals surface area contributed by atoms with Crippen molar-refractivity contribution >= 4 is 32.9 Å². The number of aromatic nitrogens is 1. The Hall–Kier alpha value is -2.58. The van der Waals surface area contributed by atoms with Gasteiger partial charge >= 0.3 is 0 Å². The van der Waals surface area contributed by atoms with Crippen molar-refractivity contribution in [3.05, 3.63) is 71.8 Å². The van der Waals surface area contributed by atoms with Gasteiger partial charge in [-0.05, 0) is 36.1 Å². The fourth-order valence-corrected chi connectivity index (χ4v) is 3.83. The predicted octanol–water partition coefficient (Wildman–Crippen LogP) is 5.18. The molecule has 2 aromatic carbocycles. The molecule has 0 saturated carbocycles. The lowest BCUT2D eigenvalue weighted by atomic mass is 10.0. The van der Waals surface area contributed by atoms with Crippen LogP contribution in [0.3, 0.4) is 0 Å². The van der Waals surface area contributed by atoms with Gasteiger partial charge < -0.3 is 9.14 Å². The summed E-state index contributed by atoms with van der Waals surface area (Å²) in [7, 11) is 0. The van der Waals surface area contributed by atoms with Crippen LogP contribution in [0.15, 0.2) is 60.7 Å². The number of pyridine rings is 1. The van der Waals surface area contributed by atoms with Gasteiger partial charge in [-0.15, -0.1) is 0 Å². The first-order valence-electron chi connectivity index (χ1n) is 8.03. The van der Waals surface area contributed by atoms with E-state index in [2.05, 4.69) is 72.0 Å². The Morgan fingerprint density at radius 2 is 1.74 bits per heavy atom. The Labute approximate surface area is 134 Å². The second-order valence-corrected chi connectivity index (χ2v) is 6.21. The summed E-state index contributed by atoms with van der Waals surface area (Å²) in [5, 5.41) is 2.58. The molecular weight excluding hydrogens is 282 g/mol. The number of para-hydroxylation sites is 2. The lowest BCUT2D eigenvalue weighted by Gasteiger charge is -2.14. The number of allylic oxidation sites excluding steroid dienone is 1. The molecule has 2 heteroatoms. The summed E-state index contributed by atoms with van der Waals surface area (Å²) in [6, 6.07) is 19.6. The molecule has 4 aromatic rings. The first-order chi connectivity index (χ1) is 11.3. The Morgan fingerprint density at radius 3 is 2.65 bits per heavy atom. The van der Waals surface area contributed by atoms with Gasteiger partial charge in [-0.1, -0.05) is 42.5 Å². The predicted molar refractivity (Wildman–Crippen MR) is 95.7 cm³/mol. The fourth-order valence-electron chi connectivity index (χ4n) is 3.83. The smallest absolute Gasteiger partial charge is 0.0742 e. The molecule has 0 saturated heterocycles. The van der Waals surface area contributed by atoms with E-state index in [-0.39, 0.29) is 0 Å². The molecule has 0 N–H and O–H groups in total. The van der Waals surface area contributed by atoms with E-state index in [1.54, 1.807) is 0 Å². The van der Waals surface area contributed by atoms with Crippen LogP contribution in [0.25, 0.3) is 32.9 Å². The van der Waals surface area contributed by atoms with Crippen LogP contribution in [0.4, 0.5) is 0 Å². The first-order valence-corrected chi connectivity index (χ1v) is 8.03. The number of benzene rings is 2. The Morgan fingerprint density at radius 1 is 0.957 bits per heavy atom. The normalized spacial score (nSPS) is 17.2. The summed E-state index contributed by atoms with van der Waals surface area (Å²) in [5.41, 5.74) is 7.72. The van der Waals surface area contributed by atoms with E-state index >= 15 is 0 Å². The van der Waals surface area contributed by atoms with Crippen molar-refractivity contribution in [2.75, 3.05) is 6.61 Å². The molecule has 0 unspecified atom stereocenters. The summed E-state index contributed by atoms with van der Waals surface area (Å²) < 4.78 is 8.25. The number of rotatable bonds is 0. The van der Waals surface area contributed by atoms with E-state index in [4.69, 9.17) is 4.74 Å². The van der Waals surface area contributed by atoms with Crippen LogP contribution in [0.1, 0.15) is 18.1 Å². The molecule has 3 heterocycles. The average molecular weight is 299 g/mol. The minimum absolute atomic E-state index is 0.654. The minimum atomic E-state index is 0.654. The van der Waals surface area contributed by atoms with E-state index in [9.17, 15) is 0 Å². The van der Waals surface area contributed by atoms with Gasteiger partial charge in [-0.2, -0.15) is 0 Å².